The van der Waals surface area contributed by atoms with Crippen LogP contribution in [-0.2, 0) is 10.0 Å². The van der Waals surface area contributed by atoms with E-state index in [9.17, 15) is 21.6 Å². The van der Waals surface area contributed by atoms with Crippen molar-refractivity contribution in [2.45, 2.75) is 4.90 Å². The maximum atomic E-state index is 13.5. The zero-order chi connectivity index (χ0) is 14.2. The first-order chi connectivity index (χ1) is 8.82. The summed E-state index contributed by atoms with van der Waals surface area (Å²) in [6, 6.07) is 0.636. The molecular weight excluding hydrogens is 281 g/mol. The maximum absolute atomic E-state index is 13.5. The molecule has 0 saturated carbocycles. The van der Waals surface area contributed by atoms with Crippen LogP contribution in [0.5, 0.6) is 0 Å². The SMILES string of the molecule is CN1CCN(S(=O)(=O)c2cc(F)c(F)cc2F)CC1. The first-order valence-corrected chi connectivity index (χ1v) is 7.09. The summed E-state index contributed by atoms with van der Waals surface area (Å²) in [7, 11) is -2.29. The molecule has 1 aliphatic heterocycles. The summed E-state index contributed by atoms with van der Waals surface area (Å²) in [6.07, 6.45) is 0. The summed E-state index contributed by atoms with van der Waals surface area (Å²) in [5.41, 5.74) is 0. The third-order valence-corrected chi connectivity index (χ3v) is 4.97. The molecule has 0 amide bonds. The number of halogens is 3. The van der Waals surface area contributed by atoms with Gasteiger partial charge in [-0.05, 0) is 13.1 Å². The van der Waals surface area contributed by atoms with Crippen LogP contribution >= 0.6 is 0 Å². The van der Waals surface area contributed by atoms with Gasteiger partial charge in [0.1, 0.15) is 10.7 Å². The summed E-state index contributed by atoms with van der Waals surface area (Å²) in [5, 5.41) is 0. The van der Waals surface area contributed by atoms with Crippen molar-refractivity contribution in [3.8, 4) is 0 Å². The van der Waals surface area contributed by atoms with E-state index in [2.05, 4.69) is 0 Å². The molecule has 19 heavy (non-hydrogen) atoms. The van der Waals surface area contributed by atoms with E-state index in [4.69, 9.17) is 0 Å². The number of rotatable bonds is 2. The van der Waals surface area contributed by atoms with Gasteiger partial charge in [0.2, 0.25) is 10.0 Å². The van der Waals surface area contributed by atoms with Crippen LogP contribution in [0.3, 0.4) is 0 Å². The third-order valence-electron chi connectivity index (χ3n) is 3.05. The molecule has 0 aromatic heterocycles. The minimum Gasteiger partial charge on any atom is -0.304 e. The fraction of sp³-hybridized carbons (Fsp3) is 0.455. The van der Waals surface area contributed by atoms with Gasteiger partial charge in [-0.25, -0.2) is 21.6 Å². The Kier molecular flexibility index (Phi) is 3.84. The van der Waals surface area contributed by atoms with Crippen LogP contribution in [0, 0.1) is 17.5 Å². The van der Waals surface area contributed by atoms with Crippen LogP contribution in [0.15, 0.2) is 17.0 Å². The molecule has 0 aliphatic carbocycles. The van der Waals surface area contributed by atoms with Gasteiger partial charge in [0, 0.05) is 32.2 Å². The predicted molar refractivity (Wildman–Crippen MR) is 62.6 cm³/mol. The van der Waals surface area contributed by atoms with Gasteiger partial charge in [0.15, 0.2) is 11.6 Å². The Morgan fingerprint density at radius 3 is 2.05 bits per heavy atom. The molecule has 1 aromatic rings. The molecule has 0 bridgehead atoms. The standard InChI is InChI=1S/C11H13F3N2O2S/c1-15-2-4-16(5-3-15)19(17,18)11-7-9(13)8(12)6-10(11)14/h6-7H,2-5H2,1H3. The Morgan fingerprint density at radius 1 is 0.947 bits per heavy atom. The fourth-order valence-corrected chi connectivity index (χ4v) is 3.35. The monoisotopic (exact) mass is 294 g/mol. The van der Waals surface area contributed by atoms with Gasteiger partial charge < -0.3 is 4.90 Å². The lowest BCUT2D eigenvalue weighted by molar-refractivity contribution is 0.222. The molecule has 0 atom stereocenters. The minimum atomic E-state index is -4.13. The number of hydrogen-bond acceptors (Lipinski definition) is 3. The van der Waals surface area contributed by atoms with Crippen molar-refractivity contribution in [3.63, 3.8) is 0 Å². The fourth-order valence-electron chi connectivity index (χ4n) is 1.87. The summed E-state index contributed by atoms with van der Waals surface area (Å²) in [5.74, 6) is -4.07. The smallest absolute Gasteiger partial charge is 0.246 e. The van der Waals surface area contributed by atoms with Crippen LogP contribution in [0.25, 0.3) is 0 Å². The molecule has 1 heterocycles. The number of nitrogens with zero attached hydrogens (tertiary/aromatic N) is 2. The average molecular weight is 294 g/mol. The van der Waals surface area contributed by atoms with E-state index >= 15 is 0 Å². The van der Waals surface area contributed by atoms with Crippen molar-refractivity contribution in [1.82, 2.24) is 9.21 Å². The summed E-state index contributed by atoms with van der Waals surface area (Å²) in [4.78, 5) is 1.10. The van der Waals surface area contributed by atoms with E-state index in [0.29, 0.717) is 19.2 Å². The van der Waals surface area contributed by atoms with Crippen molar-refractivity contribution < 1.29 is 21.6 Å². The normalized spacial score (nSPS) is 18.7. The highest BCUT2D eigenvalue weighted by Crippen LogP contribution is 2.23. The molecule has 0 spiro atoms. The second-order valence-corrected chi connectivity index (χ2v) is 6.31. The van der Waals surface area contributed by atoms with Gasteiger partial charge in [-0.3, -0.25) is 0 Å². The third kappa shape index (κ3) is 2.75. The van der Waals surface area contributed by atoms with Crippen LogP contribution in [0.2, 0.25) is 0 Å². The number of piperazine rings is 1. The highest BCUT2D eigenvalue weighted by molar-refractivity contribution is 7.89. The summed E-state index contributed by atoms with van der Waals surface area (Å²) >= 11 is 0. The summed E-state index contributed by atoms with van der Waals surface area (Å²) < 4.78 is 64.8. The van der Waals surface area contributed by atoms with E-state index in [1.54, 1.807) is 0 Å². The molecule has 0 N–H and O–H groups in total. The lowest BCUT2D eigenvalue weighted by Crippen LogP contribution is -2.47. The van der Waals surface area contributed by atoms with Crippen LogP contribution < -0.4 is 0 Å². The number of likely N-dealkylation sites (N-methyl/N-ethyl adjacent to an activating group) is 1. The topological polar surface area (TPSA) is 40.6 Å². The van der Waals surface area contributed by atoms with E-state index in [1.165, 1.54) is 0 Å². The summed E-state index contributed by atoms with van der Waals surface area (Å²) in [6.45, 7) is 1.39. The number of benzene rings is 1. The van der Waals surface area contributed by atoms with Gasteiger partial charge in [-0.1, -0.05) is 0 Å². The quantitative estimate of drug-likeness (QED) is 0.765. The molecular formula is C11H13F3N2O2S. The van der Waals surface area contributed by atoms with Gasteiger partial charge in [-0.2, -0.15) is 4.31 Å². The zero-order valence-corrected chi connectivity index (χ0v) is 11.1. The highest BCUT2D eigenvalue weighted by Gasteiger charge is 2.30. The largest absolute Gasteiger partial charge is 0.304 e. The molecule has 1 aromatic carbocycles. The molecule has 0 radical (unpaired) electrons. The van der Waals surface area contributed by atoms with Crippen LogP contribution in [0.1, 0.15) is 0 Å². The molecule has 1 saturated heterocycles. The van der Waals surface area contributed by atoms with Crippen molar-refractivity contribution in [2.24, 2.45) is 0 Å². The molecule has 2 rings (SSSR count). The molecule has 0 unspecified atom stereocenters. The average Bonchev–Trinajstić information content (AvgIpc) is 2.34. The van der Waals surface area contributed by atoms with Gasteiger partial charge in [-0.15, -0.1) is 0 Å². The first-order valence-electron chi connectivity index (χ1n) is 5.65. The maximum Gasteiger partial charge on any atom is 0.246 e. The predicted octanol–water partition coefficient (Wildman–Crippen LogP) is 1.04. The molecule has 1 fully saturated rings. The van der Waals surface area contributed by atoms with Gasteiger partial charge in [0.25, 0.3) is 0 Å². The zero-order valence-electron chi connectivity index (χ0n) is 10.2. The van der Waals surface area contributed by atoms with E-state index in [1.807, 2.05) is 11.9 Å². The molecule has 4 nitrogen and oxygen atoms in total. The number of hydrogen-bond donors (Lipinski definition) is 0. The van der Waals surface area contributed by atoms with Crippen molar-refractivity contribution >= 4 is 10.0 Å². The Bertz CT molecular complexity index is 584. The molecule has 8 heteroatoms. The molecule has 1 aliphatic rings. The van der Waals surface area contributed by atoms with Crippen LogP contribution in [-0.4, -0.2) is 50.8 Å². The number of sulfonamides is 1. The van der Waals surface area contributed by atoms with Crippen molar-refractivity contribution in [2.75, 3.05) is 33.2 Å². The van der Waals surface area contributed by atoms with Gasteiger partial charge in [0.05, 0.1) is 0 Å². The lowest BCUT2D eigenvalue weighted by Gasteiger charge is -2.31. The highest BCUT2D eigenvalue weighted by atomic mass is 32.2. The second kappa shape index (κ2) is 5.10. The first kappa shape index (κ1) is 14.3. The molecule has 106 valence electrons. The Labute approximate surface area is 109 Å². The Morgan fingerprint density at radius 2 is 1.47 bits per heavy atom. The van der Waals surface area contributed by atoms with Crippen molar-refractivity contribution in [1.29, 1.82) is 0 Å². The van der Waals surface area contributed by atoms with E-state index in [-0.39, 0.29) is 19.2 Å². The van der Waals surface area contributed by atoms with Gasteiger partial charge >= 0.3 is 0 Å². The van der Waals surface area contributed by atoms with Crippen molar-refractivity contribution in [3.05, 3.63) is 29.6 Å². The second-order valence-electron chi connectivity index (χ2n) is 4.40. The minimum absolute atomic E-state index is 0.192. The lowest BCUT2D eigenvalue weighted by atomic mass is 10.3. The Hall–Kier alpha value is -1.12. The van der Waals surface area contributed by atoms with Crippen LogP contribution in [0.4, 0.5) is 13.2 Å². The van der Waals surface area contributed by atoms with E-state index in [0.717, 1.165) is 4.31 Å². The Balaban J connectivity index is 2.37. The van der Waals surface area contributed by atoms with E-state index < -0.39 is 32.4 Å².